The van der Waals surface area contributed by atoms with Gasteiger partial charge in [-0.05, 0) is 48.3 Å². The van der Waals surface area contributed by atoms with E-state index < -0.39 is 0 Å². The normalized spacial score (nSPS) is 12.7. The topological polar surface area (TPSA) is 42.7 Å². The Balaban J connectivity index is 2.30. The van der Waals surface area contributed by atoms with Crippen LogP contribution in [0.2, 0.25) is 0 Å². The maximum Gasteiger partial charge on any atom is 0.153 e. The minimum Gasteiger partial charge on any atom is -0.309 e. The maximum atomic E-state index is 4.09. The first-order chi connectivity index (χ1) is 9.51. The molecule has 1 heterocycles. The van der Waals surface area contributed by atoms with Gasteiger partial charge in [-0.1, -0.05) is 41.5 Å². The molecule has 0 amide bonds. The summed E-state index contributed by atoms with van der Waals surface area (Å²) in [7, 11) is 1.93. The monoisotopic (exact) mass is 336 g/mol. The zero-order valence-corrected chi connectivity index (χ0v) is 14.0. The van der Waals surface area contributed by atoms with Gasteiger partial charge in [-0.2, -0.15) is 0 Å². The summed E-state index contributed by atoms with van der Waals surface area (Å²) in [6.45, 7) is 7.31. The van der Waals surface area contributed by atoms with E-state index in [1.165, 1.54) is 16.7 Å². The van der Waals surface area contributed by atoms with Crippen molar-refractivity contribution in [3.8, 4) is 0 Å². The molecule has 0 aliphatic rings. The number of hydrogen-bond donors (Lipinski definition) is 1. The van der Waals surface area contributed by atoms with E-state index in [0.29, 0.717) is 0 Å². The Morgan fingerprint density at radius 3 is 2.40 bits per heavy atom. The fourth-order valence-corrected chi connectivity index (χ4v) is 3.25. The third-order valence-corrected chi connectivity index (χ3v) is 3.89. The second-order valence-corrected chi connectivity index (χ2v) is 5.95. The molecule has 0 bridgehead atoms. The van der Waals surface area contributed by atoms with Crippen molar-refractivity contribution in [2.45, 2.75) is 33.2 Å². The van der Waals surface area contributed by atoms with E-state index in [2.05, 4.69) is 70.5 Å². The van der Waals surface area contributed by atoms with Crippen LogP contribution in [0.5, 0.6) is 0 Å². The Labute approximate surface area is 128 Å². The predicted molar refractivity (Wildman–Crippen MR) is 84.7 cm³/mol. The van der Waals surface area contributed by atoms with Crippen LogP contribution < -0.4 is 5.32 Å². The van der Waals surface area contributed by atoms with Crippen LogP contribution in [0.15, 0.2) is 22.8 Å². The lowest BCUT2D eigenvalue weighted by Gasteiger charge is -2.19. The number of halogens is 1. The second kappa shape index (κ2) is 6.50. The molecule has 0 radical (unpaired) electrons. The highest BCUT2D eigenvalue weighted by Crippen LogP contribution is 2.24. The van der Waals surface area contributed by atoms with E-state index >= 15 is 0 Å². The van der Waals surface area contributed by atoms with Crippen LogP contribution in [-0.4, -0.2) is 21.5 Å². The first-order valence-corrected chi connectivity index (χ1v) is 7.66. The molecule has 5 heteroatoms. The number of hydrogen-bond acceptors (Lipinski definition) is 3. The minimum atomic E-state index is 0.204. The summed E-state index contributed by atoms with van der Waals surface area (Å²) in [5.74, 6) is 0. The molecule has 4 nitrogen and oxygen atoms in total. The zero-order chi connectivity index (χ0) is 14.7. The van der Waals surface area contributed by atoms with E-state index in [0.717, 1.165) is 23.3 Å². The van der Waals surface area contributed by atoms with Gasteiger partial charge in [-0.15, -0.1) is 5.10 Å². The Kier molecular flexibility index (Phi) is 4.94. The van der Waals surface area contributed by atoms with Crippen LogP contribution in [0.1, 0.15) is 35.3 Å². The summed E-state index contributed by atoms with van der Waals surface area (Å²) >= 11 is 3.50. The number of nitrogens with zero attached hydrogens (tertiary/aromatic N) is 3. The van der Waals surface area contributed by atoms with Crippen LogP contribution in [0.3, 0.4) is 0 Å². The average Bonchev–Trinajstić information content (AvgIpc) is 2.67. The smallest absolute Gasteiger partial charge is 0.153 e. The van der Waals surface area contributed by atoms with Gasteiger partial charge >= 0.3 is 0 Å². The number of rotatable bonds is 5. The lowest BCUT2D eigenvalue weighted by molar-refractivity contribution is 0.504. The highest BCUT2D eigenvalue weighted by atomic mass is 79.9. The molecule has 1 atom stereocenters. The highest BCUT2D eigenvalue weighted by molar-refractivity contribution is 9.10. The van der Waals surface area contributed by atoms with Gasteiger partial charge in [-0.25, -0.2) is 4.68 Å². The van der Waals surface area contributed by atoms with Gasteiger partial charge in [0.05, 0.1) is 11.7 Å². The van der Waals surface area contributed by atoms with Crippen molar-refractivity contribution in [3.63, 3.8) is 0 Å². The number of nitrogens with one attached hydrogen (secondary N) is 1. The van der Waals surface area contributed by atoms with Gasteiger partial charge in [-0.3, -0.25) is 0 Å². The molecule has 1 N–H and O–H groups in total. The second-order valence-electron chi connectivity index (χ2n) is 5.20. The fourth-order valence-electron chi connectivity index (χ4n) is 2.64. The van der Waals surface area contributed by atoms with Crippen molar-refractivity contribution in [3.05, 3.63) is 45.2 Å². The molecule has 1 unspecified atom stereocenters. The largest absolute Gasteiger partial charge is 0.309 e. The van der Waals surface area contributed by atoms with Gasteiger partial charge in [0.15, 0.2) is 4.60 Å². The average molecular weight is 337 g/mol. The summed E-state index contributed by atoms with van der Waals surface area (Å²) in [5.41, 5.74) is 5.03. The number of benzene rings is 1. The third kappa shape index (κ3) is 3.46. The molecule has 20 heavy (non-hydrogen) atoms. The van der Waals surface area contributed by atoms with Crippen LogP contribution >= 0.6 is 15.9 Å². The molecule has 1 aromatic heterocycles. The standard InChI is InChI=1S/C15H21BrN4/c1-5-17-13(14-15(16)18-19-20(14)4)9-12-7-10(2)6-11(3)8-12/h6-8,13,17H,5,9H2,1-4H3. The third-order valence-electron chi connectivity index (χ3n) is 3.33. The first kappa shape index (κ1) is 15.2. The van der Waals surface area contributed by atoms with Gasteiger partial charge in [0.25, 0.3) is 0 Å². The van der Waals surface area contributed by atoms with Crippen molar-refractivity contribution in [2.75, 3.05) is 6.54 Å². The molecule has 2 aromatic rings. The van der Waals surface area contributed by atoms with Crippen LogP contribution in [0, 0.1) is 13.8 Å². The van der Waals surface area contributed by atoms with Gasteiger partial charge < -0.3 is 5.32 Å². The van der Waals surface area contributed by atoms with Crippen LogP contribution in [-0.2, 0) is 13.5 Å². The molecular formula is C15H21BrN4. The number of aromatic nitrogens is 3. The van der Waals surface area contributed by atoms with E-state index in [4.69, 9.17) is 0 Å². The highest BCUT2D eigenvalue weighted by Gasteiger charge is 2.19. The Morgan fingerprint density at radius 2 is 1.90 bits per heavy atom. The van der Waals surface area contributed by atoms with Crippen molar-refractivity contribution in [1.29, 1.82) is 0 Å². The van der Waals surface area contributed by atoms with Gasteiger partial charge in [0.2, 0.25) is 0 Å². The predicted octanol–water partition coefficient (Wildman–Crippen LogP) is 3.09. The van der Waals surface area contributed by atoms with Crippen LogP contribution in [0.25, 0.3) is 0 Å². The van der Waals surface area contributed by atoms with Crippen LogP contribution in [0.4, 0.5) is 0 Å². The zero-order valence-electron chi connectivity index (χ0n) is 12.4. The molecule has 108 valence electrons. The summed E-state index contributed by atoms with van der Waals surface area (Å²) < 4.78 is 2.65. The molecule has 0 aliphatic carbocycles. The summed E-state index contributed by atoms with van der Waals surface area (Å²) in [6, 6.07) is 6.90. The lowest BCUT2D eigenvalue weighted by atomic mass is 9.99. The fraction of sp³-hybridized carbons (Fsp3) is 0.467. The van der Waals surface area contributed by atoms with Crippen molar-refractivity contribution in [2.24, 2.45) is 7.05 Å². The number of likely N-dealkylation sites (N-methyl/N-ethyl adjacent to an activating group) is 1. The summed E-state index contributed by atoms with van der Waals surface area (Å²) in [6.07, 6.45) is 0.927. The van der Waals surface area contributed by atoms with Gasteiger partial charge in [0.1, 0.15) is 0 Å². The Morgan fingerprint density at radius 1 is 1.25 bits per heavy atom. The van der Waals surface area contributed by atoms with E-state index in [1.54, 1.807) is 0 Å². The van der Waals surface area contributed by atoms with E-state index in [-0.39, 0.29) is 6.04 Å². The Bertz CT molecular complexity index is 552. The van der Waals surface area contributed by atoms with Crippen molar-refractivity contribution in [1.82, 2.24) is 20.3 Å². The maximum absolute atomic E-state index is 4.09. The quantitative estimate of drug-likeness (QED) is 0.912. The molecule has 1 aromatic carbocycles. The molecule has 0 saturated carbocycles. The van der Waals surface area contributed by atoms with Crippen molar-refractivity contribution >= 4 is 15.9 Å². The molecular weight excluding hydrogens is 316 g/mol. The lowest BCUT2D eigenvalue weighted by Crippen LogP contribution is -2.25. The molecule has 0 aliphatic heterocycles. The summed E-state index contributed by atoms with van der Waals surface area (Å²) in [4.78, 5) is 0. The van der Waals surface area contributed by atoms with E-state index in [1.807, 2.05) is 11.7 Å². The minimum absolute atomic E-state index is 0.204. The summed E-state index contributed by atoms with van der Waals surface area (Å²) in [5, 5.41) is 11.7. The SMILES string of the molecule is CCNC(Cc1cc(C)cc(C)c1)c1c(Br)nnn1C. The first-order valence-electron chi connectivity index (χ1n) is 6.87. The van der Waals surface area contributed by atoms with Crippen molar-refractivity contribution < 1.29 is 0 Å². The molecule has 0 spiro atoms. The van der Waals surface area contributed by atoms with E-state index in [9.17, 15) is 0 Å². The molecule has 0 fully saturated rings. The number of aryl methyl sites for hydroxylation is 3. The Hall–Kier alpha value is -1.20. The molecule has 0 saturated heterocycles. The molecule has 2 rings (SSSR count). The van der Waals surface area contributed by atoms with Gasteiger partial charge in [0, 0.05) is 7.05 Å².